The molecule has 1 N–H and O–H groups in total. The zero-order valence-corrected chi connectivity index (χ0v) is 22.1. The third kappa shape index (κ3) is 4.56. The largest absolute Gasteiger partial charge is 0.348 e. The van der Waals surface area contributed by atoms with E-state index in [4.69, 9.17) is 0 Å². The van der Waals surface area contributed by atoms with E-state index in [9.17, 15) is 14.0 Å². The van der Waals surface area contributed by atoms with E-state index in [2.05, 4.69) is 15.1 Å². The number of halogens is 1. The van der Waals surface area contributed by atoms with Crippen LogP contribution in [0.1, 0.15) is 30.4 Å². The van der Waals surface area contributed by atoms with Gasteiger partial charge in [-0.1, -0.05) is 60.7 Å². The fourth-order valence-corrected chi connectivity index (χ4v) is 6.15. The van der Waals surface area contributed by atoms with Gasteiger partial charge in [-0.3, -0.25) is 9.59 Å². The van der Waals surface area contributed by atoms with Gasteiger partial charge in [0.15, 0.2) is 0 Å². The van der Waals surface area contributed by atoms with Gasteiger partial charge in [-0.05, 0) is 61.2 Å². The second kappa shape index (κ2) is 10.6. The highest BCUT2D eigenvalue weighted by Gasteiger charge is 2.51. The summed E-state index contributed by atoms with van der Waals surface area (Å²) in [5.74, 6) is -0.197. The summed E-state index contributed by atoms with van der Waals surface area (Å²) in [7, 11) is 3.63. The minimum atomic E-state index is -0.813. The molecule has 0 saturated carbocycles. The van der Waals surface area contributed by atoms with Crippen LogP contribution >= 0.6 is 0 Å². The van der Waals surface area contributed by atoms with Crippen LogP contribution < -0.4 is 10.2 Å². The Kier molecular flexibility index (Phi) is 7.21. The molecule has 3 aromatic rings. The SMILES string of the molecule is CN(C)C(=O)C(CCN1CCC2(CC1)C(=O)NCN2c1ccc(F)cc1)(c1ccccc1)c1ccccc1. The number of piperidine rings is 1. The quantitative estimate of drug-likeness (QED) is 0.518. The first kappa shape index (κ1) is 25.9. The van der Waals surface area contributed by atoms with E-state index in [0.29, 0.717) is 25.9 Å². The molecule has 38 heavy (non-hydrogen) atoms. The minimum Gasteiger partial charge on any atom is -0.348 e. The van der Waals surface area contributed by atoms with Gasteiger partial charge in [0.2, 0.25) is 11.8 Å². The number of hydrogen-bond donors (Lipinski definition) is 1. The summed E-state index contributed by atoms with van der Waals surface area (Å²) in [4.78, 5) is 33.1. The summed E-state index contributed by atoms with van der Waals surface area (Å²) < 4.78 is 13.5. The lowest BCUT2D eigenvalue weighted by atomic mass is 9.70. The van der Waals surface area contributed by atoms with Crippen molar-refractivity contribution in [3.63, 3.8) is 0 Å². The lowest BCUT2D eigenvalue weighted by molar-refractivity contribution is -0.133. The van der Waals surface area contributed by atoms with E-state index < -0.39 is 11.0 Å². The van der Waals surface area contributed by atoms with Crippen molar-refractivity contribution in [3.8, 4) is 0 Å². The second-order valence-electron chi connectivity index (χ2n) is 10.5. The zero-order chi connectivity index (χ0) is 26.8. The third-order valence-electron chi connectivity index (χ3n) is 8.27. The van der Waals surface area contributed by atoms with E-state index in [0.717, 1.165) is 36.4 Å². The van der Waals surface area contributed by atoms with Crippen LogP contribution in [0.3, 0.4) is 0 Å². The Morgan fingerprint density at radius 3 is 2.00 bits per heavy atom. The average Bonchev–Trinajstić information content (AvgIpc) is 3.26. The first-order valence-electron chi connectivity index (χ1n) is 13.2. The minimum absolute atomic E-state index is 0.0344. The van der Waals surface area contributed by atoms with Crippen molar-refractivity contribution >= 4 is 17.5 Å². The Balaban J connectivity index is 1.38. The number of anilines is 1. The zero-order valence-electron chi connectivity index (χ0n) is 22.1. The number of rotatable bonds is 7. The van der Waals surface area contributed by atoms with Gasteiger partial charge in [-0.15, -0.1) is 0 Å². The number of hydrogen-bond acceptors (Lipinski definition) is 4. The average molecular weight is 515 g/mol. The maximum Gasteiger partial charge on any atom is 0.247 e. The van der Waals surface area contributed by atoms with Crippen molar-refractivity contribution in [2.45, 2.75) is 30.2 Å². The van der Waals surface area contributed by atoms with Gasteiger partial charge in [0.25, 0.3) is 0 Å². The number of likely N-dealkylation sites (N-methyl/N-ethyl adjacent to an activating group) is 1. The number of carbonyl (C=O) groups is 2. The molecular formula is C31H35FN4O2. The normalized spacial score (nSPS) is 17.4. The summed E-state index contributed by atoms with van der Waals surface area (Å²) in [6, 6.07) is 26.4. The molecule has 0 aliphatic carbocycles. The Hall–Kier alpha value is -3.71. The summed E-state index contributed by atoms with van der Waals surface area (Å²) in [5, 5.41) is 3.01. The van der Waals surface area contributed by atoms with Crippen molar-refractivity contribution in [1.29, 1.82) is 0 Å². The molecule has 2 heterocycles. The fraction of sp³-hybridized carbons (Fsp3) is 0.355. The molecule has 2 amide bonds. The lowest BCUT2D eigenvalue weighted by Crippen LogP contribution is -2.57. The summed E-state index contributed by atoms with van der Waals surface area (Å²) >= 11 is 0. The molecule has 0 aromatic heterocycles. The lowest BCUT2D eigenvalue weighted by Gasteiger charge is -2.44. The molecule has 0 unspecified atom stereocenters. The van der Waals surface area contributed by atoms with Crippen LogP contribution in [0.4, 0.5) is 10.1 Å². The van der Waals surface area contributed by atoms with Crippen molar-refractivity contribution in [2.24, 2.45) is 0 Å². The molecule has 2 saturated heterocycles. The van der Waals surface area contributed by atoms with E-state index >= 15 is 0 Å². The van der Waals surface area contributed by atoms with Crippen molar-refractivity contribution in [3.05, 3.63) is 102 Å². The molecule has 2 aliphatic heterocycles. The molecule has 0 atom stereocenters. The fourth-order valence-electron chi connectivity index (χ4n) is 6.15. The Bertz CT molecular complexity index is 1220. The Labute approximate surface area is 224 Å². The van der Waals surface area contributed by atoms with Gasteiger partial charge in [-0.2, -0.15) is 0 Å². The van der Waals surface area contributed by atoms with E-state index in [1.54, 1.807) is 17.0 Å². The molecule has 3 aromatic carbocycles. The highest BCUT2D eigenvalue weighted by atomic mass is 19.1. The molecule has 2 fully saturated rings. The summed E-state index contributed by atoms with van der Waals surface area (Å²) in [6.07, 6.45) is 1.96. The van der Waals surface area contributed by atoms with Gasteiger partial charge in [-0.25, -0.2) is 4.39 Å². The number of likely N-dealkylation sites (tertiary alicyclic amines) is 1. The molecule has 6 nitrogen and oxygen atoms in total. The third-order valence-corrected chi connectivity index (χ3v) is 8.27. The van der Waals surface area contributed by atoms with Crippen LogP contribution in [-0.2, 0) is 15.0 Å². The number of amides is 2. The van der Waals surface area contributed by atoms with Gasteiger partial charge in [0.05, 0.1) is 6.67 Å². The van der Waals surface area contributed by atoms with E-state index in [1.807, 2.05) is 74.8 Å². The maximum atomic E-state index is 13.9. The summed E-state index contributed by atoms with van der Waals surface area (Å²) in [5.41, 5.74) is 1.37. The summed E-state index contributed by atoms with van der Waals surface area (Å²) in [6.45, 7) is 2.62. The van der Waals surface area contributed by atoms with Crippen LogP contribution in [0.5, 0.6) is 0 Å². The van der Waals surface area contributed by atoms with E-state index in [-0.39, 0.29) is 17.6 Å². The van der Waals surface area contributed by atoms with Crippen LogP contribution in [0.2, 0.25) is 0 Å². The Morgan fingerprint density at radius 1 is 0.921 bits per heavy atom. The predicted molar refractivity (Wildman–Crippen MR) is 147 cm³/mol. The number of carbonyl (C=O) groups excluding carboxylic acids is 2. The molecule has 0 radical (unpaired) electrons. The van der Waals surface area contributed by atoms with Gasteiger partial charge in [0.1, 0.15) is 16.8 Å². The molecule has 0 bridgehead atoms. The molecule has 5 rings (SSSR count). The first-order chi connectivity index (χ1) is 18.4. The van der Waals surface area contributed by atoms with Crippen LogP contribution in [0.25, 0.3) is 0 Å². The van der Waals surface area contributed by atoms with Crippen LogP contribution in [0.15, 0.2) is 84.9 Å². The standard InChI is InChI=1S/C31H35FN4O2/c1-34(2)29(38)31(24-9-5-3-6-10-24,25-11-7-4-8-12-25)19-22-35-20-17-30(18-21-35)28(37)33-23-36(30)27-15-13-26(32)14-16-27/h3-16H,17-23H2,1-2H3,(H,33,37). The monoisotopic (exact) mass is 514 g/mol. The molecule has 7 heteroatoms. The van der Waals surface area contributed by atoms with Gasteiger partial charge in [0, 0.05) is 32.9 Å². The molecule has 1 spiro atoms. The van der Waals surface area contributed by atoms with Crippen LogP contribution in [-0.4, -0.2) is 67.6 Å². The van der Waals surface area contributed by atoms with Crippen molar-refractivity contribution in [1.82, 2.24) is 15.1 Å². The topological polar surface area (TPSA) is 55.9 Å². The predicted octanol–water partition coefficient (Wildman–Crippen LogP) is 4.02. The van der Waals surface area contributed by atoms with Crippen LogP contribution in [0, 0.1) is 5.82 Å². The Morgan fingerprint density at radius 2 is 1.47 bits per heavy atom. The highest BCUT2D eigenvalue weighted by Crippen LogP contribution is 2.40. The first-order valence-corrected chi connectivity index (χ1v) is 13.2. The van der Waals surface area contributed by atoms with Crippen molar-refractivity contribution in [2.75, 3.05) is 45.3 Å². The smallest absolute Gasteiger partial charge is 0.247 e. The van der Waals surface area contributed by atoms with E-state index in [1.165, 1.54) is 12.1 Å². The maximum absolute atomic E-state index is 13.9. The molecular weight excluding hydrogens is 479 g/mol. The molecule has 198 valence electrons. The van der Waals surface area contributed by atoms with Gasteiger partial charge < -0.3 is 20.0 Å². The van der Waals surface area contributed by atoms with Crippen molar-refractivity contribution < 1.29 is 14.0 Å². The number of nitrogens with one attached hydrogen (secondary N) is 1. The number of benzene rings is 3. The number of nitrogens with zero attached hydrogens (tertiary/aromatic N) is 3. The second-order valence-corrected chi connectivity index (χ2v) is 10.5. The van der Waals surface area contributed by atoms with Gasteiger partial charge >= 0.3 is 0 Å². The highest BCUT2D eigenvalue weighted by molar-refractivity contribution is 5.93. The molecule has 2 aliphatic rings.